The van der Waals surface area contributed by atoms with E-state index in [4.69, 9.17) is 14.8 Å². The highest BCUT2D eigenvalue weighted by Crippen LogP contribution is 2.43. The summed E-state index contributed by atoms with van der Waals surface area (Å²) in [5.74, 6) is 0.829. The maximum absolute atomic E-state index is 5.35. The molecular weight excluding hydrogens is 390 g/mol. The maximum Gasteiger partial charge on any atom is 0.118 e. The molecule has 0 fully saturated rings. The van der Waals surface area contributed by atoms with Gasteiger partial charge in [-0.15, -0.1) is 0 Å². The standard InChI is InChI=1S/C25H21N3OS/c1-16-9-14-21-22(15-16)30-25-23(17(2)27-28(25)19-7-5-4-6-8-19)24(26-21)18-10-12-20(29-3)13-11-18/h4-15H,1-3H3. The van der Waals surface area contributed by atoms with Crippen LogP contribution in [0, 0.1) is 13.8 Å². The Balaban J connectivity index is 1.78. The summed E-state index contributed by atoms with van der Waals surface area (Å²) >= 11 is 1.73. The van der Waals surface area contributed by atoms with Gasteiger partial charge in [-0.2, -0.15) is 5.10 Å². The lowest BCUT2D eigenvalue weighted by molar-refractivity contribution is 0.415. The zero-order chi connectivity index (χ0) is 20.7. The Morgan fingerprint density at radius 2 is 1.67 bits per heavy atom. The van der Waals surface area contributed by atoms with Crippen LogP contribution in [-0.4, -0.2) is 22.6 Å². The number of para-hydroxylation sites is 1. The number of fused-ring (bicyclic) bond motifs is 2. The van der Waals surface area contributed by atoms with Gasteiger partial charge in [0, 0.05) is 10.5 Å². The number of aryl methyl sites for hydroxylation is 2. The molecule has 5 rings (SSSR count). The fraction of sp³-hybridized carbons (Fsp3) is 0.120. The Morgan fingerprint density at radius 1 is 0.900 bits per heavy atom. The molecule has 3 aromatic carbocycles. The average Bonchev–Trinajstić information content (AvgIpc) is 2.99. The van der Waals surface area contributed by atoms with Crippen molar-refractivity contribution >= 4 is 23.2 Å². The van der Waals surface area contributed by atoms with Crippen LogP contribution in [0.15, 0.2) is 87.7 Å². The predicted molar refractivity (Wildman–Crippen MR) is 122 cm³/mol. The fourth-order valence-corrected chi connectivity index (χ4v) is 4.90. The van der Waals surface area contributed by atoms with Crippen molar-refractivity contribution in [1.29, 1.82) is 0 Å². The van der Waals surface area contributed by atoms with E-state index < -0.39 is 0 Å². The van der Waals surface area contributed by atoms with Crippen molar-refractivity contribution in [2.24, 2.45) is 4.99 Å². The van der Waals surface area contributed by atoms with Gasteiger partial charge in [-0.25, -0.2) is 9.67 Å². The van der Waals surface area contributed by atoms with E-state index in [2.05, 4.69) is 56.3 Å². The minimum Gasteiger partial charge on any atom is -0.497 e. The number of hydrogen-bond donors (Lipinski definition) is 0. The van der Waals surface area contributed by atoms with Crippen LogP contribution in [0.25, 0.3) is 5.69 Å². The zero-order valence-electron chi connectivity index (χ0n) is 17.1. The molecule has 4 aromatic rings. The molecule has 1 aromatic heterocycles. The monoisotopic (exact) mass is 411 g/mol. The van der Waals surface area contributed by atoms with Crippen LogP contribution in [0.2, 0.25) is 0 Å². The Bertz CT molecular complexity index is 1260. The molecule has 1 aliphatic heterocycles. The average molecular weight is 412 g/mol. The van der Waals surface area contributed by atoms with Gasteiger partial charge < -0.3 is 4.74 Å². The van der Waals surface area contributed by atoms with Crippen LogP contribution in [0.3, 0.4) is 0 Å². The highest BCUT2D eigenvalue weighted by atomic mass is 32.2. The number of aromatic nitrogens is 2. The SMILES string of the molecule is COc1ccc(C2=Nc3ccc(C)cc3Sc3c2c(C)nn3-c2ccccc2)cc1. The number of methoxy groups -OCH3 is 1. The molecule has 0 saturated carbocycles. The quantitative estimate of drug-likeness (QED) is 0.358. The van der Waals surface area contributed by atoms with Crippen LogP contribution in [0.1, 0.15) is 22.4 Å². The van der Waals surface area contributed by atoms with E-state index in [0.29, 0.717) is 0 Å². The highest BCUT2D eigenvalue weighted by molar-refractivity contribution is 7.99. The summed E-state index contributed by atoms with van der Waals surface area (Å²) in [7, 11) is 1.68. The third kappa shape index (κ3) is 3.21. The van der Waals surface area contributed by atoms with E-state index in [1.54, 1.807) is 18.9 Å². The first-order valence-electron chi connectivity index (χ1n) is 9.81. The van der Waals surface area contributed by atoms with Crippen molar-refractivity contribution in [2.75, 3.05) is 7.11 Å². The largest absolute Gasteiger partial charge is 0.497 e. The van der Waals surface area contributed by atoms with Crippen LogP contribution >= 0.6 is 11.8 Å². The number of ether oxygens (including phenoxy) is 1. The number of hydrogen-bond acceptors (Lipinski definition) is 4. The lowest BCUT2D eigenvalue weighted by atomic mass is 10.0. The molecule has 1 aliphatic rings. The molecule has 0 aliphatic carbocycles. The normalized spacial score (nSPS) is 12.6. The second-order valence-corrected chi connectivity index (χ2v) is 8.31. The highest BCUT2D eigenvalue weighted by Gasteiger charge is 2.26. The van der Waals surface area contributed by atoms with Crippen molar-refractivity contribution in [2.45, 2.75) is 23.8 Å². The summed E-state index contributed by atoms with van der Waals surface area (Å²) in [5.41, 5.74) is 7.24. The van der Waals surface area contributed by atoms with Crippen molar-refractivity contribution in [1.82, 2.24) is 9.78 Å². The maximum atomic E-state index is 5.35. The van der Waals surface area contributed by atoms with Crippen LogP contribution in [0.4, 0.5) is 5.69 Å². The summed E-state index contributed by atoms with van der Waals surface area (Å²) in [6.07, 6.45) is 0. The topological polar surface area (TPSA) is 39.4 Å². The lowest BCUT2D eigenvalue weighted by Crippen LogP contribution is -2.05. The van der Waals surface area contributed by atoms with Crippen molar-refractivity contribution in [3.05, 3.63) is 95.2 Å². The van der Waals surface area contributed by atoms with Crippen molar-refractivity contribution < 1.29 is 4.74 Å². The second-order valence-electron chi connectivity index (χ2n) is 7.28. The van der Waals surface area contributed by atoms with E-state index >= 15 is 0 Å². The van der Waals surface area contributed by atoms with Gasteiger partial charge in [0.25, 0.3) is 0 Å². The number of rotatable bonds is 3. The van der Waals surface area contributed by atoms with Gasteiger partial charge in [0.1, 0.15) is 10.8 Å². The molecule has 0 bridgehead atoms. The minimum absolute atomic E-state index is 0.829. The van der Waals surface area contributed by atoms with E-state index in [-0.39, 0.29) is 0 Å². The van der Waals surface area contributed by atoms with Gasteiger partial charge in [-0.1, -0.05) is 36.0 Å². The smallest absolute Gasteiger partial charge is 0.118 e. The molecule has 30 heavy (non-hydrogen) atoms. The van der Waals surface area contributed by atoms with E-state index in [0.717, 1.165) is 49.6 Å². The summed E-state index contributed by atoms with van der Waals surface area (Å²) in [6.45, 7) is 4.17. The molecule has 4 nitrogen and oxygen atoms in total. The van der Waals surface area contributed by atoms with Gasteiger partial charge in [-0.05, 0) is 67.9 Å². The molecule has 0 atom stereocenters. The molecule has 0 N–H and O–H groups in total. The first-order valence-corrected chi connectivity index (χ1v) is 10.6. The number of benzene rings is 3. The van der Waals surface area contributed by atoms with Crippen molar-refractivity contribution in [3.8, 4) is 11.4 Å². The third-order valence-electron chi connectivity index (χ3n) is 5.17. The Kier molecular flexibility index (Phi) is 4.68. The van der Waals surface area contributed by atoms with Gasteiger partial charge in [-0.3, -0.25) is 0 Å². The number of nitrogens with zero attached hydrogens (tertiary/aromatic N) is 3. The molecule has 0 saturated heterocycles. The van der Waals surface area contributed by atoms with Gasteiger partial charge in [0.2, 0.25) is 0 Å². The summed E-state index contributed by atoms with van der Waals surface area (Å²) < 4.78 is 7.38. The molecule has 0 unspecified atom stereocenters. The molecule has 148 valence electrons. The van der Waals surface area contributed by atoms with Crippen LogP contribution in [0.5, 0.6) is 5.75 Å². The first kappa shape index (κ1) is 18.7. The molecule has 0 radical (unpaired) electrons. The van der Waals surface area contributed by atoms with Gasteiger partial charge in [0.15, 0.2) is 0 Å². The first-order chi connectivity index (χ1) is 14.6. The number of aliphatic imine (C=N–C) groups is 1. The predicted octanol–water partition coefficient (Wildman–Crippen LogP) is 6.13. The van der Waals surface area contributed by atoms with Crippen LogP contribution in [-0.2, 0) is 0 Å². The lowest BCUT2D eigenvalue weighted by Gasteiger charge is -2.09. The molecule has 0 amide bonds. The Labute approximate surface area is 180 Å². The Morgan fingerprint density at radius 3 is 2.40 bits per heavy atom. The fourth-order valence-electron chi connectivity index (χ4n) is 3.65. The molecule has 0 spiro atoms. The van der Waals surface area contributed by atoms with Crippen LogP contribution < -0.4 is 4.74 Å². The summed E-state index contributed by atoms with van der Waals surface area (Å²) in [4.78, 5) is 6.25. The molecular formula is C25H21N3OS. The summed E-state index contributed by atoms with van der Waals surface area (Å²) in [5, 5.41) is 5.98. The third-order valence-corrected chi connectivity index (χ3v) is 6.29. The Hall–Kier alpha value is -3.31. The second kappa shape index (κ2) is 7.50. The summed E-state index contributed by atoms with van der Waals surface area (Å²) in [6, 6.07) is 24.7. The van der Waals surface area contributed by atoms with Gasteiger partial charge >= 0.3 is 0 Å². The van der Waals surface area contributed by atoms with Gasteiger partial charge in [0.05, 0.1) is 35.5 Å². The minimum atomic E-state index is 0.829. The van der Waals surface area contributed by atoms with Crippen molar-refractivity contribution in [3.63, 3.8) is 0 Å². The van der Waals surface area contributed by atoms with E-state index in [1.165, 1.54) is 5.56 Å². The van der Waals surface area contributed by atoms with E-state index in [9.17, 15) is 0 Å². The zero-order valence-corrected chi connectivity index (χ0v) is 17.9. The van der Waals surface area contributed by atoms with E-state index in [1.807, 2.05) is 35.0 Å². The molecule has 5 heteroatoms. The molecule has 2 heterocycles.